The van der Waals surface area contributed by atoms with Crippen LogP contribution in [0, 0.1) is 0 Å². The van der Waals surface area contributed by atoms with Gasteiger partial charge in [-0.2, -0.15) is 0 Å². The number of nitrogens with zero attached hydrogens (tertiary/aromatic N) is 1. The summed E-state index contributed by atoms with van der Waals surface area (Å²) in [5.74, 6) is 0. The van der Waals surface area contributed by atoms with E-state index in [0.717, 1.165) is 0 Å². The molecule has 0 aromatic heterocycles. The molecule has 0 fully saturated rings. The van der Waals surface area contributed by atoms with E-state index in [1.807, 2.05) is 0 Å². The van der Waals surface area contributed by atoms with Gasteiger partial charge < -0.3 is 17.2 Å². The zero-order valence-electron chi connectivity index (χ0n) is 6.05. The third-order valence-corrected chi connectivity index (χ3v) is 0.338. The highest BCUT2D eigenvalue weighted by Gasteiger charge is 1.72. The number of hydrogen-bond acceptors (Lipinski definition) is 4. The second-order valence-electron chi connectivity index (χ2n) is 0.929. The Balaban J connectivity index is -0.0000000910. The van der Waals surface area contributed by atoms with E-state index in [-0.39, 0.29) is 6.15 Å². The van der Waals surface area contributed by atoms with Crippen molar-refractivity contribution in [3.8, 4) is 0 Å². The Morgan fingerprint density at radius 2 is 1.90 bits per heavy atom. The van der Waals surface area contributed by atoms with Crippen LogP contribution in [0.4, 0.5) is 4.79 Å². The Labute approximate surface area is 59.1 Å². The number of amides is 2. The van der Waals surface area contributed by atoms with Gasteiger partial charge in [0.2, 0.25) is 6.08 Å². The standard InChI is InChI=1S/C2H6N2O.C2H3NO.H3N/c1-4-2(3)5;1-3-2-4;/h1H3,(H3,3,4,5);1H3;1H3. The Hall–Kier alpha value is -1.39. The van der Waals surface area contributed by atoms with Gasteiger partial charge in [0.25, 0.3) is 0 Å². The topological polar surface area (TPSA) is 120 Å². The molecule has 0 unspecified atom stereocenters. The summed E-state index contributed by atoms with van der Waals surface area (Å²) in [4.78, 5) is 21.3. The van der Waals surface area contributed by atoms with E-state index in [9.17, 15) is 4.79 Å². The van der Waals surface area contributed by atoms with Crippen LogP contribution < -0.4 is 17.2 Å². The van der Waals surface area contributed by atoms with Gasteiger partial charge in [0.1, 0.15) is 0 Å². The monoisotopic (exact) mass is 148 g/mol. The minimum atomic E-state index is -0.495. The van der Waals surface area contributed by atoms with Crippen LogP contribution in [-0.4, -0.2) is 26.2 Å². The van der Waals surface area contributed by atoms with Crippen LogP contribution in [0.15, 0.2) is 4.99 Å². The van der Waals surface area contributed by atoms with Crippen LogP contribution in [0.3, 0.4) is 0 Å². The first-order valence-electron chi connectivity index (χ1n) is 2.12. The second kappa shape index (κ2) is 15.6. The van der Waals surface area contributed by atoms with E-state index in [0.29, 0.717) is 0 Å². The fourth-order valence-electron chi connectivity index (χ4n) is 0. The first-order chi connectivity index (χ1) is 4.18. The summed E-state index contributed by atoms with van der Waals surface area (Å²) in [6.07, 6.45) is 1.31. The van der Waals surface area contributed by atoms with Crippen molar-refractivity contribution in [3.63, 3.8) is 0 Å². The van der Waals surface area contributed by atoms with Crippen LogP contribution in [-0.2, 0) is 4.79 Å². The Kier molecular flexibility index (Phi) is 24.8. The number of hydrogen-bond donors (Lipinski definition) is 3. The summed E-state index contributed by atoms with van der Waals surface area (Å²) < 4.78 is 0. The van der Waals surface area contributed by atoms with Gasteiger partial charge in [0.15, 0.2) is 0 Å². The Morgan fingerprint density at radius 3 is 1.90 bits per heavy atom. The second-order valence-corrected chi connectivity index (χ2v) is 0.929. The average molecular weight is 148 g/mol. The number of urea groups is 1. The van der Waals surface area contributed by atoms with Crippen LogP contribution in [0.2, 0.25) is 0 Å². The lowest BCUT2D eigenvalue weighted by atomic mass is 11.1. The molecule has 0 aliphatic carbocycles. The molecule has 0 aromatic rings. The zero-order valence-corrected chi connectivity index (χ0v) is 6.05. The lowest BCUT2D eigenvalue weighted by molar-refractivity contribution is 0.251. The lowest BCUT2D eigenvalue weighted by Crippen LogP contribution is -2.24. The zero-order chi connectivity index (χ0) is 7.70. The molecule has 0 saturated heterocycles. The van der Waals surface area contributed by atoms with E-state index in [2.05, 4.69) is 16.0 Å². The number of carbonyl (C=O) groups is 1. The molecular weight excluding hydrogens is 136 g/mol. The summed E-state index contributed by atoms with van der Waals surface area (Å²) in [6.45, 7) is 0. The van der Waals surface area contributed by atoms with E-state index in [4.69, 9.17) is 4.79 Å². The van der Waals surface area contributed by atoms with Gasteiger partial charge in [-0.05, 0) is 0 Å². The highest BCUT2D eigenvalue weighted by molar-refractivity contribution is 5.71. The third kappa shape index (κ3) is 80.3. The number of aliphatic imine (C=N–C) groups is 1. The molecule has 0 aliphatic rings. The summed E-state index contributed by atoms with van der Waals surface area (Å²) in [5.41, 5.74) is 4.54. The molecule has 10 heavy (non-hydrogen) atoms. The Bertz CT molecular complexity index is 118. The molecule has 0 rings (SSSR count). The molecule has 60 valence electrons. The minimum absolute atomic E-state index is 0. The van der Waals surface area contributed by atoms with Crippen molar-refractivity contribution < 1.29 is 9.59 Å². The summed E-state index contributed by atoms with van der Waals surface area (Å²) in [6, 6.07) is -0.495. The van der Waals surface area contributed by atoms with Crippen molar-refractivity contribution in [2.75, 3.05) is 14.1 Å². The first-order valence-corrected chi connectivity index (χ1v) is 2.12. The largest absolute Gasteiger partial charge is 0.352 e. The minimum Gasteiger partial charge on any atom is -0.352 e. The molecule has 0 radical (unpaired) electrons. The van der Waals surface area contributed by atoms with Gasteiger partial charge in [-0.25, -0.2) is 14.6 Å². The van der Waals surface area contributed by atoms with E-state index < -0.39 is 6.03 Å². The highest BCUT2D eigenvalue weighted by Crippen LogP contribution is 1.38. The van der Waals surface area contributed by atoms with Crippen molar-refractivity contribution in [2.24, 2.45) is 10.7 Å². The van der Waals surface area contributed by atoms with Crippen LogP contribution >= 0.6 is 0 Å². The molecule has 6 nitrogen and oxygen atoms in total. The van der Waals surface area contributed by atoms with Crippen LogP contribution in [0.1, 0.15) is 0 Å². The summed E-state index contributed by atoms with van der Waals surface area (Å²) in [7, 11) is 2.86. The normalized spacial score (nSPS) is 5.00. The number of isocyanates is 1. The molecular formula is C4H12N4O2. The van der Waals surface area contributed by atoms with Gasteiger partial charge in [-0.15, -0.1) is 0 Å². The number of nitrogens with one attached hydrogen (secondary N) is 1. The van der Waals surface area contributed by atoms with Gasteiger partial charge in [0.05, 0.1) is 0 Å². The molecule has 0 saturated carbocycles. The van der Waals surface area contributed by atoms with Crippen LogP contribution in [0.25, 0.3) is 0 Å². The number of carbonyl (C=O) groups excluding carboxylic acids is 2. The molecule has 2 amide bonds. The highest BCUT2D eigenvalue weighted by atomic mass is 16.2. The van der Waals surface area contributed by atoms with Crippen LogP contribution in [0.5, 0.6) is 0 Å². The molecule has 0 heterocycles. The quantitative estimate of drug-likeness (QED) is 0.314. The van der Waals surface area contributed by atoms with E-state index in [1.165, 1.54) is 20.2 Å². The van der Waals surface area contributed by atoms with Crippen molar-refractivity contribution in [1.29, 1.82) is 0 Å². The fourth-order valence-corrected chi connectivity index (χ4v) is 0. The smallest absolute Gasteiger partial charge is 0.311 e. The molecule has 0 spiro atoms. The number of nitrogens with two attached hydrogens (primary N) is 1. The maximum atomic E-state index is 9.48. The predicted molar refractivity (Wildman–Crippen MR) is 37.7 cm³/mol. The van der Waals surface area contributed by atoms with Crippen molar-refractivity contribution in [2.45, 2.75) is 0 Å². The van der Waals surface area contributed by atoms with Crippen molar-refractivity contribution >= 4 is 12.1 Å². The van der Waals surface area contributed by atoms with Crippen molar-refractivity contribution in [1.82, 2.24) is 11.5 Å². The third-order valence-electron chi connectivity index (χ3n) is 0.338. The SMILES string of the molecule is CN=C=O.CNC(N)=O.N. The van der Waals surface area contributed by atoms with E-state index in [1.54, 1.807) is 0 Å². The van der Waals surface area contributed by atoms with Gasteiger partial charge in [0, 0.05) is 14.1 Å². The molecule has 6 N–H and O–H groups in total. The predicted octanol–water partition coefficient (Wildman–Crippen LogP) is -0.601. The van der Waals surface area contributed by atoms with Crippen molar-refractivity contribution in [3.05, 3.63) is 0 Å². The van der Waals surface area contributed by atoms with Gasteiger partial charge >= 0.3 is 6.03 Å². The molecule has 0 aromatic carbocycles. The first kappa shape index (κ1) is 15.8. The Morgan fingerprint density at radius 1 is 1.70 bits per heavy atom. The van der Waals surface area contributed by atoms with Gasteiger partial charge in [-0.3, -0.25) is 0 Å². The number of primary amides is 1. The average Bonchev–Trinajstić information content (AvgIpc) is 1.89. The summed E-state index contributed by atoms with van der Waals surface area (Å²) >= 11 is 0. The fraction of sp³-hybridized carbons (Fsp3) is 0.500. The molecule has 0 bridgehead atoms. The van der Waals surface area contributed by atoms with E-state index >= 15 is 0 Å². The molecule has 0 atom stereocenters. The lowest BCUT2D eigenvalue weighted by Gasteiger charge is -1.80. The summed E-state index contributed by atoms with van der Waals surface area (Å²) in [5, 5.41) is 2.17. The van der Waals surface area contributed by atoms with Gasteiger partial charge in [-0.1, -0.05) is 0 Å². The molecule has 0 aliphatic heterocycles. The molecule has 6 heteroatoms. The maximum absolute atomic E-state index is 9.48. The maximum Gasteiger partial charge on any atom is 0.311 e. The number of rotatable bonds is 0.